The zero-order valence-electron chi connectivity index (χ0n) is 11.5. The smallest absolute Gasteiger partial charge is 0.128 e. The number of aromatic nitrogens is 1. The van der Waals surface area contributed by atoms with Crippen molar-refractivity contribution in [1.29, 1.82) is 0 Å². The topological polar surface area (TPSA) is 42.2 Å². The summed E-state index contributed by atoms with van der Waals surface area (Å²) in [7, 11) is 1.94. The number of benzene rings is 1. The molecule has 0 saturated heterocycles. The number of hydrogen-bond acceptors (Lipinski definition) is 3. The largest absolute Gasteiger partial charge is 0.397 e. The third kappa shape index (κ3) is 3.48. The van der Waals surface area contributed by atoms with Crippen LogP contribution in [-0.2, 0) is 6.42 Å². The summed E-state index contributed by atoms with van der Waals surface area (Å²) in [6, 6.07) is 8.71. The number of rotatable bonds is 4. The number of likely N-dealkylation sites (N-methyl/N-ethyl adjacent to an activating group) is 1. The minimum atomic E-state index is -0.178. The van der Waals surface area contributed by atoms with Gasteiger partial charge in [0.05, 0.1) is 11.4 Å². The van der Waals surface area contributed by atoms with E-state index in [0.29, 0.717) is 24.2 Å². The van der Waals surface area contributed by atoms with Crippen molar-refractivity contribution in [3.63, 3.8) is 0 Å². The van der Waals surface area contributed by atoms with Crippen LogP contribution in [-0.4, -0.2) is 18.6 Å². The summed E-state index contributed by atoms with van der Waals surface area (Å²) in [5.41, 5.74) is 7.94. The van der Waals surface area contributed by atoms with Crippen LogP contribution < -0.4 is 10.6 Å². The second-order valence-electron chi connectivity index (χ2n) is 4.75. The molecule has 0 unspecified atom stereocenters. The summed E-state index contributed by atoms with van der Waals surface area (Å²) >= 11 is 3.36. The molecule has 0 aliphatic carbocycles. The van der Waals surface area contributed by atoms with Gasteiger partial charge in [-0.25, -0.2) is 9.37 Å². The van der Waals surface area contributed by atoms with Gasteiger partial charge >= 0.3 is 0 Å². The van der Waals surface area contributed by atoms with Crippen molar-refractivity contribution in [3.05, 3.63) is 51.9 Å². The van der Waals surface area contributed by atoms with E-state index in [9.17, 15) is 4.39 Å². The molecule has 1 heterocycles. The van der Waals surface area contributed by atoms with Crippen molar-refractivity contribution in [2.45, 2.75) is 13.3 Å². The molecule has 0 spiro atoms. The van der Waals surface area contributed by atoms with Crippen LogP contribution in [0.5, 0.6) is 0 Å². The van der Waals surface area contributed by atoms with E-state index in [2.05, 4.69) is 20.9 Å². The first-order valence-corrected chi connectivity index (χ1v) is 7.15. The van der Waals surface area contributed by atoms with E-state index in [1.54, 1.807) is 6.07 Å². The fourth-order valence-corrected chi connectivity index (χ4v) is 2.32. The van der Waals surface area contributed by atoms with Crippen LogP contribution in [0.3, 0.4) is 0 Å². The molecule has 1 aromatic heterocycles. The Morgan fingerprint density at radius 3 is 2.75 bits per heavy atom. The first-order chi connectivity index (χ1) is 9.47. The van der Waals surface area contributed by atoms with E-state index in [4.69, 9.17) is 5.73 Å². The Morgan fingerprint density at radius 1 is 1.30 bits per heavy atom. The normalized spacial score (nSPS) is 10.6. The number of halogens is 2. The predicted octanol–water partition coefficient (Wildman–Crippen LogP) is 3.55. The lowest BCUT2D eigenvalue weighted by atomic mass is 10.1. The molecule has 0 saturated carbocycles. The number of nitrogens with zero attached hydrogens (tertiary/aromatic N) is 2. The monoisotopic (exact) mass is 337 g/mol. The molecule has 0 radical (unpaired) electrons. The van der Waals surface area contributed by atoms with Gasteiger partial charge in [0.1, 0.15) is 11.6 Å². The van der Waals surface area contributed by atoms with Crippen LogP contribution >= 0.6 is 15.9 Å². The molecule has 0 aliphatic heterocycles. The second-order valence-corrected chi connectivity index (χ2v) is 5.67. The highest BCUT2D eigenvalue weighted by Gasteiger charge is 2.07. The maximum Gasteiger partial charge on any atom is 0.128 e. The summed E-state index contributed by atoms with van der Waals surface area (Å²) < 4.78 is 14.6. The van der Waals surface area contributed by atoms with Crippen molar-refractivity contribution >= 4 is 27.4 Å². The average molecular weight is 338 g/mol. The molecule has 2 N–H and O–H groups in total. The zero-order chi connectivity index (χ0) is 14.7. The maximum absolute atomic E-state index is 13.7. The third-order valence-electron chi connectivity index (χ3n) is 3.23. The lowest BCUT2D eigenvalue weighted by Gasteiger charge is -2.19. The lowest BCUT2D eigenvalue weighted by Crippen LogP contribution is -2.22. The summed E-state index contributed by atoms with van der Waals surface area (Å²) in [6.07, 6.45) is 0.618. The van der Waals surface area contributed by atoms with Crippen LogP contribution in [0.1, 0.15) is 11.3 Å². The fraction of sp³-hybridized carbons (Fsp3) is 0.267. The highest BCUT2D eigenvalue weighted by Crippen LogP contribution is 2.18. The van der Waals surface area contributed by atoms with E-state index in [0.717, 1.165) is 16.0 Å². The van der Waals surface area contributed by atoms with Crippen molar-refractivity contribution in [3.8, 4) is 0 Å². The summed E-state index contributed by atoms with van der Waals surface area (Å²) in [5.74, 6) is 0.662. The van der Waals surface area contributed by atoms with E-state index >= 15 is 0 Å². The van der Waals surface area contributed by atoms with Crippen LogP contribution in [0.25, 0.3) is 0 Å². The third-order valence-corrected chi connectivity index (χ3v) is 3.72. The highest BCUT2D eigenvalue weighted by molar-refractivity contribution is 9.10. The van der Waals surface area contributed by atoms with E-state index in [-0.39, 0.29) is 5.82 Å². The second kappa shape index (κ2) is 6.22. The molecule has 0 fully saturated rings. The van der Waals surface area contributed by atoms with Crippen molar-refractivity contribution in [2.24, 2.45) is 0 Å². The SMILES string of the molecule is Cc1nc(N(C)CCc2cc(Br)ccc2F)ccc1N. The quantitative estimate of drug-likeness (QED) is 0.927. The molecule has 0 amide bonds. The number of anilines is 2. The van der Waals surface area contributed by atoms with E-state index in [1.807, 2.05) is 37.1 Å². The first kappa shape index (κ1) is 14.8. The molecule has 0 aliphatic rings. The molecule has 2 aromatic rings. The zero-order valence-corrected chi connectivity index (χ0v) is 13.1. The molecule has 20 heavy (non-hydrogen) atoms. The Morgan fingerprint density at radius 2 is 2.05 bits per heavy atom. The first-order valence-electron chi connectivity index (χ1n) is 6.35. The van der Waals surface area contributed by atoms with Gasteiger partial charge in [0.25, 0.3) is 0 Å². The molecule has 0 atom stereocenters. The van der Waals surface area contributed by atoms with Gasteiger partial charge in [0.2, 0.25) is 0 Å². The standard InChI is InChI=1S/C15H17BrFN3/c1-10-14(18)5-6-15(19-10)20(2)8-7-11-9-12(16)3-4-13(11)17/h3-6,9H,7-8,18H2,1-2H3. The van der Waals surface area contributed by atoms with Crippen LogP contribution in [0.2, 0.25) is 0 Å². The number of aryl methyl sites for hydroxylation is 1. The number of nitrogens with two attached hydrogens (primary N) is 1. The van der Waals surface area contributed by atoms with Gasteiger partial charge in [-0.3, -0.25) is 0 Å². The highest BCUT2D eigenvalue weighted by atomic mass is 79.9. The van der Waals surface area contributed by atoms with Gasteiger partial charge in [0, 0.05) is 18.1 Å². The lowest BCUT2D eigenvalue weighted by molar-refractivity contribution is 0.607. The summed E-state index contributed by atoms with van der Waals surface area (Å²) in [5, 5.41) is 0. The van der Waals surface area contributed by atoms with Crippen LogP contribution in [0.15, 0.2) is 34.8 Å². The van der Waals surface area contributed by atoms with Gasteiger partial charge in [-0.2, -0.15) is 0 Å². The van der Waals surface area contributed by atoms with E-state index < -0.39 is 0 Å². The van der Waals surface area contributed by atoms with Gasteiger partial charge in [-0.05, 0) is 49.2 Å². The molecule has 106 valence electrons. The molecule has 5 heteroatoms. The van der Waals surface area contributed by atoms with Crippen molar-refractivity contribution < 1.29 is 4.39 Å². The van der Waals surface area contributed by atoms with Crippen LogP contribution in [0, 0.1) is 12.7 Å². The van der Waals surface area contributed by atoms with Gasteiger partial charge in [-0.1, -0.05) is 15.9 Å². The molecular formula is C15H17BrFN3. The molecule has 3 nitrogen and oxygen atoms in total. The molecule has 2 rings (SSSR count). The Hall–Kier alpha value is -1.62. The van der Waals surface area contributed by atoms with E-state index in [1.165, 1.54) is 6.07 Å². The number of pyridine rings is 1. The van der Waals surface area contributed by atoms with Gasteiger partial charge in [-0.15, -0.1) is 0 Å². The summed E-state index contributed by atoms with van der Waals surface area (Å²) in [4.78, 5) is 6.42. The van der Waals surface area contributed by atoms with Gasteiger partial charge < -0.3 is 10.6 Å². The molecule has 1 aromatic carbocycles. The minimum absolute atomic E-state index is 0.178. The molecular weight excluding hydrogens is 321 g/mol. The Kier molecular flexibility index (Phi) is 4.60. The summed E-state index contributed by atoms with van der Waals surface area (Å²) in [6.45, 7) is 2.56. The molecule has 0 bridgehead atoms. The average Bonchev–Trinajstić information content (AvgIpc) is 2.42. The van der Waals surface area contributed by atoms with Crippen LogP contribution in [0.4, 0.5) is 15.9 Å². The Labute approximate surface area is 126 Å². The van der Waals surface area contributed by atoms with Gasteiger partial charge in [0.15, 0.2) is 0 Å². The predicted molar refractivity (Wildman–Crippen MR) is 84.5 cm³/mol. The minimum Gasteiger partial charge on any atom is -0.397 e. The number of nitrogen functional groups attached to an aromatic ring is 1. The fourth-order valence-electron chi connectivity index (χ4n) is 1.91. The van der Waals surface area contributed by atoms with Crippen molar-refractivity contribution in [1.82, 2.24) is 4.98 Å². The van der Waals surface area contributed by atoms with Crippen molar-refractivity contribution in [2.75, 3.05) is 24.2 Å². The Balaban J connectivity index is 2.06. The Bertz CT molecular complexity index is 616. The number of hydrogen-bond donors (Lipinski definition) is 1. The maximum atomic E-state index is 13.7.